The van der Waals surface area contributed by atoms with E-state index >= 15 is 0 Å². The Hall–Kier alpha value is -3.05. The van der Waals surface area contributed by atoms with E-state index in [4.69, 9.17) is 4.74 Å². The number of piperazine rings is 1. The number of imidazole rings is 1. The van der Waals surface area contributed by atoms with E-state index in [2.05, 4.69) is 26.6 Å². The first-order valence-corrected chi connectivity index (χ1v) is 13.7. The normalized spacial score (nSPS) is 17.8. The molecule has 0 spiro atoms. The molecule has 1 aromatic heterocycles. The predicted molar refractivity (Wildman–Crippen MR) is 136 cm³/mol. The summed E-state index contributed by atoms with van der Waals surface area (Å²) in [6.45, 7) is 6.09. The van der Waals surface area contributed by atoms with E-state index in [0.29, 0.717) is 45.0 Å². The summed E-state index contributed by atoms with van der Waals surface area (Å²) >= 11 is 0. The van der Waals surface area contributed by atoms with E-state index < -0.39 is 10.0 Å². The van der Waals surface area contributed by atoms with Crippen LogP contribution in [0.1, 0.15) is 10.4 Å². The summed E-state index contributed by atoms with van der Waals surface area (Å²) in [6.07, 6.45) is 3.83. The van der Waals surface area contributed by atoms with Crippen molar-refractivity contribution < 1.29 is 17.9 Å². The summed E-state index contributed by atoms with van der Waals surface area (Å²) in [5, 5.41) is 0. The third-order valence-electron chi connectivity index (χ3n) is 6.77. The van der Waals surface area contributed by atoms with Gasteiger partial charge < -0.3 is 14.2 Å². The molecule has 3 heterocycles. The lowest BCUT2D eigenvalue weighted by Crippen LogP contribution is -2.49. The second-order valence-electron chi connectivity index (χ2n) is 8.98. The highest BCUT2D eigenvalue weighted by molar-refractivity contribution is 7.89. The molecule has 3 aromatic rings. The average molecular weight is 510 g/mol. The van der Waals surface area contributed by atoms with Gasteiger partial charge in [0.25, 0.3) is 5.91 Å². The molecule has 0 atom stereocenters. The van der Waals surface area contributed by atoms with Gasteiger partial charge in [-0.2, -0.15) is 4.31 Å². The zero-order chi connectivity index (χ0) is 25.0. The van der Waals surface area contributed by atoms with Gasteiger partial charge in [-0.15, -0.1) is 0 Å². The van der Waals surface area contributed by atoms with Gasteiger partial charge in [0.15, 0.2) is 0 Å². The van der Waals surface area contributed by atoms with Crippen molar-refractivity contribution in [2.45, 2.75) is 11.4 Å². The maximum atomic E-state index is 13.0. The van der Waals surface area contributed by atoms with Crippen LogP contribution in [0, 0.1) is 0 Å². The van der Waals surface area contributed by atoms with Gasteiger partial charge in [0.2, 0.25) is 10.0 Å². The lowest BCUT2D eigenvalue weighted by molar-refractivity contribution is 0.0633. The molecule has 1 amide bonds. The molecule has 0 radical (unpaired) electrons. The Morgan fingerprint density at radius 1 is 0.861 bits per heavy atom. The average Bonchev–Trinajstić information content (AvgIpc) is 3.42. The molecule has 2 aromatic carbocycles. The van der Waals surface area contributed by atoms with E-state index in [0.717, 1.165) is 37.6 Å². The number of morpholine rings is 1. The van der Waals surface area contributed by atoms with Crippen molar-refractivity contribution in [3.8, 4) is 11.4 Å². The third-order valence-corrected chi connectivity index (χ3v) is 8.69. The monoisotopic (exact) mass is 509 g/mol. The highest BCUT2D eigenvalue weighted by atomic mass is 32.2. The lowest BCUT2D eigenvalue weighted by atomic mass is 10.2. The molecule has 2 aliphatic heterocycles. The first kappa shape index (κ1) is 24.6. The van der Waals surface area contributed by atoms with Crippen molar-refractivity contribution >= 4 is 15.9 Å². The summed E-state index contributed by atoms with van der Waals surface area (Å²) in [7, 11) is -3.57. The van der Waals surface area contributed by atoms with Gasteiger partial charge in [0.1, 0.15) is 5.82 Å². The van der Waals surface area contributed by atoms with Gasteiger partial charge in [-0.25, -0.2) is 13.4 Å². The van der Waals surface area contributed by atoms with Crippen LogP contribution in [0.25, 0.3) is 11.4 Å². The summed E-state index contributed by atoms with van der Waals surface area (Å²) in [4.78, 5) is 22.0. The molecule has 9 nitrogen and oxygen atoms in total. The van der Waals surface area contributed by atoms with E-state index in [1.54, 1.807) is 12.1 Å². The van der Waals surface area contributed by atoms with Crippen LogP contribution in [0.15, 0.2) is 71.9 Å². The number of amides is 1. The van der Waals surface area contributed by atoms with E-state index in [1.165, 1.54) is 16.4 Å². The molecule has 10 heteroatoms. The molecule has 0 saturated carbocycles. The maximum Gasteiger partial charge on any atom is 0.253 e. The molecule has 0 N–H and O–H groups in total. The Bertz CT molecular complexity index is 1260. The summed E-state index contributed by atoms with van der Waals surface area (Å²) < 4.78 is 34.5. The minimum Gasteiger partial charge on any atom is -0.379 e. The zero-order valence-corrected chi connectivity index (χ0v) is 21.0. The van der Waals surface area contributed by atoms with E-state index in [-0.39, 0.29) is 10.8 Å². The minimum absolute atomic E-state index is 0.0639. The molecular weight excluding hydrogens is 478 g/mol. The van der Waals surface area contributed by atoms with Crippen molar-refractivity contribution in [3.05, 3.63) is 72.6 Å². The number of rotatable bonds is 7. The first-order chi connectivity index (χ1) is 17.5. The number of hydrogen-bond donors (Lipinski definition) is 0. The molecule has 36 heavy (non-hydrogen) atoms. The van der Waals surface area contributed by atoms with Crippen molar-refractivity contribution in [2.75, 3.05) is 59.0 Å². The Kier molecular flexibility index (Phi) is 7.47. The van der Waals surface area contributed by atoms with Crippen LogP contribution in [0.4, 0.5) is 0 Å². The maximum absolute atomic E-state index is 13.0. The highest BCUT2D eigenvalue weighted by Gasteiger charge is 2.27. The van der Waals surface area contributed by atoms with Crippen molar-refractivity contribution in [2.24, 2.45) is 0 Å². The molecule has 0 unspecified atom stereocenters. The van der Waals surface area contributed by atoms with Gasteiger partial charge >= 0.3 is 0 Å². The SMILES string of the molecule is O=C(c1ccc(S(=O)(=O)N2CCOCC2)cc1)N1CCN(CCn2ccnc2-c2ccccc2)CC1. The third kappa shape index (κ3) is 5.36. The van der Waals surface area contributed by atoms with Crippen LogP contribution < -0.4 is 0 Å². The number of aromatic nitrogens is 2. The van der Waals surface area contributed by atoms with Gasteiger partial charge in [0.05, 0.1) is 18.1 Å². The molecular formula is C26H31N5O4S. The first-order valence-electron chi connectivity index (χ1n) is 12.3. The topological polar surface area (TPSA) is 88.0 Å². The smallest absolute Gasteiger partial charge is 0.253 e. The fourth-order valence-electron chi connectivity index (χ4n) is 4.65. The van der Waals surface area contributed by atoms with Crippen molar-refractivity contribution in [1.29, 1.82) is 0 Å². The lowest BCUT2D eigenvalue weighted by Gasteiger charge is -2.35. The van der Waals surface area contributed by atoms with Gasteiger partial charge in [-0.1, -0.05) is 30.3 Å². The molecule has 2 aliphatic rings. The van der Waals surface area contributed by atoms with Crippen LogP contribution in [0.2, 0.25) is 0 Å². The molecule has 0 aliphatic carbocycles. The molecule has 0 bridgehead atoms. The largest absolute Gasteiger partial charge is 0.379 e. The number of ether oxygens (including phenoxy) is 1. The molecule has 2 saturated heterocycles. The highest BCUT2D eigenvalue weighted by Crippen LogP contribution is 2.20. The summed E-state index contributed by atoms with van der Waals surface area (Å²) in [6, 6.07) is 16.5. The van der Waals surface area contributed by atoms with E-state index in [9.17, 15) is 13.2 Å². The van der Waals surface area contributed by atoms with Crippen LogP contribution in [-0.4, -0.2) is 97.0 Å². The van der Waals surface area contributed by atoms with Crippen LogP contribution in [-0.2, 0) is 21.3 Å². The van der Waals surface area contributed by atoms with E-state index in [1.807, 2.05) is 35.5 Å². The van der Waals surface area contributed by atoms with Crippen LogP contribution in [0.3, 0.4) is 0 Å². The fraction of sp³-hybridized carbons (Fsp3) is 0.385. The second kappa shape index (κ2) is 10.9. The van der Waals surface area contributed by atoms with Gasteiger partial charge in [-0.05, 0) is 24.3 Å². The van der Waals surface area contributed by atoms with Crippen molar-refractivity contribution in [3.63, 3.8) is 0 Å². The number of carbonyl (C=O) groups is 1. The molecule has 2 fully saturated rings. The van der Waals surface area contributed by atoms with Gasteiger partial charge in [0, 0.05) is 75.9 Å². The standard InChI is InChI=1S/C26H31N5O4S/c32-26(23-6-8-24(9-7-23)36(33,34)31-18-20-35-21-19-31)30-16-13-28(14-17-30)12-15-29-11-10-27-25(29)22-4-2-1-3-5-22/h1-11H,12-21H2. The number of nitrogens with zero attached hydrogens (tertiary/aromatic N) is 5. The zero-order valence-electron chi connectivity index (χ0n) is 20.2. The van der Waals surface area contributed by atoms with Crippen molar-refractivity contribution in [1.82, 2.24) is 23.7 Å². The number of benzene rings is 2. The number of hydrogen-bond acceptors (Lipinski definition) is 6. The molecule has 190 valence electrons. The Morgan fingerprint density at radius 3 is 2.25 bits per heavy atom. The second-order valence-corrected chi connectivity index (χ2v) is 10.9. The Balaban J connectivity index is 1.14. The molecule has 5 rings (SSSR count). The fourth-order valence-corrected chi connectivity index (χ4v) is 6.06. The summed E-state index contributed by atoms with van der Waals surface area (Å²) in [5.74, 6) is 0.898. The van der Waals surface area contributed by atoms with Crippen LogP contribution >= 0.6 is 0 Å². The quantitative estimate of drug-likeness (QED) is 0.484. The minimum atomic E-state index is -3.57. The number of sulfonamides is 1. The predicted octanol–water partition coefficient (Wildman–Crippen LogP) is 2.03. The van der Waals surface area contributed by atoms with Crippen LogP contribution in [0.5, 0.6) is 0 Å². The van der Waals surface area contributed by atoms with Gasteiger partial charge in [-0.3, -0.25) is 9.69 Å². The Morgan fingerprint density at radius 2 is 1.56 bits per heavy atom. The summed E-state index contributed by atoms with van der Waals surface area (Å²) in [5.41, 5.74) is 1.61. The number of carbonyl (C=O) groups excluding carboxylic acids is 1. The Labute approximate surface area is 212 Å².